The van der Waals surface area contributed by atoms with E-state index in [1.165, 1.54) is 16.3 Å². The van der Waals surface area contributed by atoms with Crippen molar-refractivity contribution in [3.05, 3.63) is 261 Å². The molecule has 0 fully saturated rings. The number of furan rings is 1. The molecule has 6 nitrogen and oxygen atoms in total. The fraction of sp³-hybridized carbons (Fsp3) is 0. The second-order valence-corrected chi connectivity index (χ2v) is 19.1. The first kappa shape index (κ1) is 42.5. The van der Waals surface area contributed by atoms with Crippen LogP contribution < -0.4 is 0 Å². The molecule has 6 heteroatoms. The molecule has 0 unspecified atom stereocenters. The molecule has 0 N–H and O–H groups in total. The Morgan fingerprint density at radius 3 is 1.33 bits per heavy atom. The van der Waals surface area contributed by atoms with Crippen molar-refractivity contribution in [1.29, 1.82) is 0 Å². The van der Waals surface area contributed by atoms with Gasteiger partial charge in [-0.1, -0.05) is 194 Å². The molecule has 0 spiro atoms. The van der Waals surface area contributed by atoms with Gasteiger partial charge in [0.05, 0.1) is 22.1 Å². The van der Waals surface area contributed by atoms with Crippen LogP contribution in [-0.2, 0) is 0 Å². The SMILES string of the molecule is c1ccc(-c2nc(-c3ccccc3)nc(-n3c4ccccc4c4cc(-c5cc(-c6ccccc6)c6oc7c(-c8ccccc8)ccc(-c8ccc9c(c8)c8ccccc8n9-c8ccccc8)c7c6c5)ccc43)n2)cc1. The lowest BCUT2D eigenvalue weighted by Gasteiger charge is -2.12. The fourth-order valence-electron chi connectivity index (χ4n) is 11.3. The van der Waals surface area contributed by atoms with Gasteiger partial charge in [-0.15, -0.1) is 0 Å². The molecule has 15 aromatic rings. The Labute approximate surface area is 431 Å². The summed E-state index contributed by atoms with van der Waals surface area (Å²) < 4.78 is 11.9. The first-order valence-electron chi connectivity index (χ1n) is 25.3. The number of nitrogens with zero attached hydrogens (tertiary/aromatic N) is 5. The maximum Gasteiger partial charge on any atom is 0.238 e. The number of hydrogen-bond donors (Lipinski definition) is 0. The van der Waals surface area contributed by atoms with Gasteiger partial charge in [0, 0.05) is 60.3 Å². The molecule has 0 bridgehead atoms. The summed E-state index contributed by atoms with van der Waals surface area (Å²) in [5, 5.41) is 6.74. The summed E-state index contributed by atoms with van der Waals surface area (Å²) in [6, 6.07) is 92.3. The van der Waals surface area contributed by atoms with E-state index in [4.69, 9.17) is 19.4 Å². The van der Waals surface area contributed by atoms with Crippen molar-refractivity contribution in [2.24, 2.45) is 0 Å². The second kappa shape index (κ2) is 17.3. The Kier molecular flexibility index (Phi) is 9.78. The first-order chi connectivity index (χ1) is 37.2. The van der Waals surface area contributed by atoms with Crippen LogP contribution in [0.3, 0.4) is 0 Å². The smallest absolute Gasteiger partial charge is 0.238 e. The minimum absolute atomic E-state index is 0.559. The van der Waals surface area contributed by atoms with Crippen molar-refractivity contribution in [2.45, 2.75) is 0 Å². The van der Waals surface area contributed by atoms with Crippen molar-refractivity contribution in [2.75, 3.05) is 0 Å². The third kappa shape index (κ3) is 6.99. The molecule has 0 aliphatic heterocycles. The van der Waals surface area contributed by atoms with Crippen molar-refractivity contribution in [3.8, 4) is 78.9 Å². The lowest BCUT2D eigenvalue weighted by Crippen LogP contribution is -2.06. The van der Waals surface area contributed by atoms with Gasteiger partial charge in [-0.2, -0.15) is 9.97 Å². The van der Waals surface area contributed by atoms with Gasteiger partial charge in [0.1, 0.15) is 11.2 Å². The van der Waals surface area contributed by atoms with Gasteiger partial charge in [-0.05, 0) is 100 Å². The Bertz CT molecular complexity index is 4620. The maximum absolute atomic E-state index is 7.33. The van der Waals surface area contributed by atoms with Crippen LogP contribution in [0.15, 0.2) is 265 Å². The Morgan fingerprint density at radius 2 is 0.720 bits per heavy atom. The number of para-hydroxylation sites is 3. The van der Waals surface area contributed by atoms with Crippen LogP contribution in [0.5, 0.6) is 0 Å². The highest BCUT2D eigenvalue weighted by atomic mass is 16.3. The Morgan fingerprint density at radius 1 is 0.267 bits per heavy atom. The molecule has 4 heterocycles. The highest BCUT2D eigenvalue weighted by molar-refractivity contribution is 6.21. The summed E-state index contributed by atoms with van der Waals surface area (Å²) in [7, 11) is 0. The predicted octanol–water partition coefficient (Wildman–Crippen LogP) is 18.0. The van der Waals surface area contributed by atoms with E-state index in [-0.39, 0.29) is 0 Å². The van der Waals surface area contributed by atoms with E-state index in [1.54, 1.807) is 0 Å². The molecule has 0 atom stereocenters. The third-order valence-electron chi connectivity index (χ3n) is 14.8. The second-order valence-electron chi connectivity index (χ2n) is 19.1. The molecule has 11 aromatic carbocycles. The number of fused-ring (bicyclic) bond motifs is 9. The topological polar surface area (TPSA) is 61.7 Å². The fourth-order valence-corrected chi connectivity index (χ4v) is 11.3. The number of hydrogen-bond acceptors (Lipinski definition) is 4. The zero-order valence-electron chi connectivity index (χ0n) is 40.5. The molecule has 4 aromatic heterocycles. The maximum atomic E-state index is 7.33. The number of rotatable bonds is 8. The van der Waals surface area contributed by atoms with Gasteiger partial charge in [-0.3, -0.25) is 4.57 Å². The Balaban J connectivity index is 0.973. The van der Waals surface area contributed by atoms with E-state index < -0.39 is 0 Å². The molecule has 0 saturated heterocycles. The average molecular weight is 958 g/mol. The van der Waals surface area contributed by atoms with Gasteiger partial charge in [0.25, 0.3) is 0 Å². The molecular formula is C69H43N5O. The molecule has 0 saturated carbocycles. The summed E-state index contributed by atoms with van der Waals surface area (Å²) >= 11 is 0. The molecule has 350 valence electrons. The van der Waals surface area contributed by atoms with Crippen molar-refractivity contribution in [3.63, 3.8) is 0 Å². The molecule has 0 aliphatic carbocycles. The molecule has 0 radical (unpaired) electrons. The highest BCUT2D eigenvalue weighted by Crippen LogP contribution is 2.47. The summed E-state index contributed by atoms with van der Waals surface area (Å²) in [5.74, 6) is 1.79. The van der Waals surface area contributed by atoms with E-state index in [0.29, 0.717) is 17.6 Å². The summed E-state index contributed by atoms with van der Waals surface area (Å²) in [4.78, 5) is 15.4. The average Bonchev–Trinajstić information content (AvgIpc) is 4.16. The molecular weight excluding hydrogens is 915 g/mol. The first-order valence-corrected chi connectivity index (χ1v) is 25.3. The third-order valence-corrected chi connectivity index (χ3v) is 14.8. The van der Waals surface area contributed by atoms with Crippen LogP contribution >= 0.6 is 0 Å². The quantitative estimate of drug-likeness (QED) is 0.152. The van der Waals surface area contributed by atoms with E-state index in [9.17, 15) is 0 Å². The van der Waals surface area contributed by atoms with E-state index in [1.807, 2.05) is 60.7 Å². The van der Waals surface area contributed by atoms with Crippen LogP contribution in [0, 0.1) is 0 Å². The van der Waals surface area contributed by atoms with Crippen molar-refractivity contribution >= 4 is 65.6 Å². The van der Waals surface area contributed by atoms with Gasteiger partial charge < -0.3 is 8.98 Å². The van der Waals surface area contributed by atoms with E-state index in [2.05, 4.69) is 209 Å². The predicted molar refractivity (Wildman–Crippen MR) is 308 cm³/mol. The van der Waals surface area contributed by atoms with Crippen LogP contribution in [0.1, 0.15) is 0 Å². The van der Waals surface area contributed by atoms with Crippen LogP contribution in [0.2, 0.25) is 0 Å². The normalized spacial score (nSPS) is 11.7. The van der Waals surface area contributed by atoms with Gasteiger partial charge >= 0.3 is 0 Å². The number of aromatic nitrogens is 5. The van der Waals surface area contributed by atoms with Crippen LogP contribution in [0.25, 0.3) is 144 Å². The molecule has 0 aliphatic rings. The van der Waals surface area contributed by atoms with Crippen molar-refractivity contribution in [1.82, 2.24) is 24.1 Å². The summed E-state index contributed by atoms with van der Waals surface area (Å²) in [6.07, 6.45) is 0. The minimum atomic E-state index is 0.559. The zero-order valence-corrected chi connectivity index (χ0v) is 40.5. The lowest BCUT2D eigenvalue weighted by atomic mass is 9.91. The monoisotopic (exact) mass is 957 g/mol. The highest BCUT2D eigenvalue weighted by Gasteiger charge is 2.24. The van der Waals surface area contributed by atoms with Crippen LogP contribution in [-0.4, -0.2) is 24.1 Å². The lowest BCUT2D eigenvalue weighted by molar-refractivity contribution is 0.671. The van der Waals surface area contributed by atoms with Gasteiger partial charge in [-0.25, -0.2) is 4.98 Å². The van der Waals surface area contributed by atoms with Gasteiger partial charge in [0.2, 0.25) is 5.95 Å². The zero-order chi connectivity index (χ0) is 49.4. The minimum Gasteiger partial charge on any atom is -0.455 e. The molecule has 15 rings (SSSR count). The largest absolute Gasteiger partial charge is 0.455 e. The van der Waals surface area contributed by atoms with E-state index in [0.717, 1.165) is 111 Å². The van der Waals surface area contributed by atoms with Crippen molar-refractivity contribution < 1.29 is 4.42 Å². The summed E-state index contributed by atoms with van der Waals surface area (Å²) in [6.45, 7) is 0. The number of benzene rings is 11. The Hall–Kier alpha value is -10.2. The van der Waals surface area contributed by atoms with E-state index >= 15 is 0 Å². The summed E-state index contributed by atoms with van der Waals surface area (Å²) in [5.41, 5.74) is 17.7. The molecule has 75 heavy (non-hydrogen) atoms. The van der Waals surface area contributed by atoms with Crippen LogP contribution in [0.4, 0.5) is 0 Å². The molecule has 0 amide bonds. The standard InChI is InChI=1S/C69H43N5O/c1-6-20-44(21-7-1)53-37-36-52(49-35-39-62-58(41-49)54-30-16-18-32-60(54)73(62)51-28-14-5-15-29-51)64-59-43-50(42-56(65(59)75-66(53)64)45-22-8-2-9-23-45)48-34-38-63-57(40-48)55-31-17-19-33-61(55)74(63)69-71-67(46-24-10-3-11-25-46)70-68(72-69)47-26-12-4-13-27-47/h1-43H. The van der Waals surface area contributed by atoms with Gasteiger partial charge in [0.15, 0.2) is 11.6 Å².